The summed E-state index contributed by atoms with van der Waals surface area (Å²) in [6.45, 7) is 0.414. The van der Waals surface area contributed by atoms with E-state index in [4.69, 9.17) is 0 Å². The number of rotatable bonds is 3. The number of H-pyrrole nitrogens is 1. The smallest absolute Gasteiger partial charge is 0.253 e. The zero-order chi connectivity index (χ0) is 15.8. The molecule has 0 aliphatic carbocycles. The molecule has 1 aromatic carbocycles. The van der Waals surface area contributed by atoms with Gasteiger partial charge in [0.15, 0.2) is 0 Å². The summed E-state index contributed by atoms with van der Waals surface area (Å²) in [5.41, 5.74) is 1.99. The number of aromatic nitrogens is 3. The molecule has 5 heteroatoms. The van der Waals surface area contributed by atoms with Crippen molar-refractivity contribution in [3.63, 3.8) is 0 Å². The van der Waals surface area contributed by atoms with Gasteiger partial charge < -0.3 is 10.1 Å². The van der Waals surface area contributed by atoms with E-state index in [0.29, 0.717) is 23.7 Å². The average molecular weight is 305 g/mol. The summed E-state index contributed by atoms with van der Waals surface area (Å²) in [7, 11) is 0. The van der Waals surface area contributed by atoms with Crippen LogP contribution in [-0.4, -0.2) is 19.6 Å². The summed E-state index contributed by atoms with van der Waals surface area (Å²) in [6.07, 6.45) is 5.79. The van der Waals surface area contributed by atoms with Gasteiger partial charge in [-0.3, -0.25) is 14.3 Å². The van der Waals surface area contributed by atoms with Crippen molar-refractivity contribution in [3.05, 3.63) is 70.9 Å². The number of nitrogens with zero attached hydrogens (tertiary/aromatic N) is 2. The van der Waals surface area contributed by atoms with Gasteiger partial charge in [-0.2, -0.15) is 0 Å². The average Bonchev–Trinajstić information content (AvgIpc) is 2.98. The third-order valence-electron chi connectivity index (χ3n) is 4.18. The third-order valence-corrected chi connectivity index (χ3v) is 4.18. The molecule has 0 aliphatic rings. The van der Waals surface area contributed by atoms with E-state index in [9.17, 15) is 9.90 Å². The van der Waals surface area contributed by atoms with Gasteiger partial charge in [0, 0.05) is 42.1 Å². The van der Waals surface area contributed by atoms with Gasteiger partial charge in [-0.15, -0.1) is 0 Å². The fourth-order valence-corrected chi connectivity index (χ4v) is 2.97. The van der Waals surface area contributed by atoms with Crippen LogP contribution in [0, 0.1) is 0 Å². The Balaban J connectivity index is 1.72. The highest BCUT2D eigenvalue weighted by Crippen LogP contribution is 2.23. The molecule has 3 heterocycles. The Morgan fingerprint density at radius 2 is 2.04 bits per heavy atom. The van der Waals surface area contributed by atoms with Crippen molar-refractivity contribution in [1.29, 1.82) is 0 Å². The molecule has 4 rings (SSSR count). The number of hydrogen-bond donors (Lipinski definition) is 2. The summed E-state index contributed by atoms with van der Waals surface area (Å²) >= 11 is 0. The highest BCUT2D eigenvalue weighted by atomic mass is 16.3. The zero-order valence-electron chi connectivity index (χ0n) is 12.4. The molecule has 4 aromatic rings. The molecule has 3 aromatic heterocycles. The molecule has 0 fully saturated rings. The van der Waals surface area contributed by atoms with Gasteiger partial charge in [0.25, 0.3) is 5.56 Å². The van der Waals surface area contributed by atoms with Gasteiger partial charge in [-0.05, 0) is 29.5 Å². The predicted octanol–water partition coefficient (Wildman–Crippen LogP) is 2.83. The largest absolute Gasteiger partial charge is 0.494 e. The van der Waals surface area contributed by atoms with Gasteiger partial charge in [-0.25, -0.2) is 0 Å². The minimum Gasteiger partial charge on any atom is -0.494 e. The van der Waals surface area contributed by atoms with Crippen LogP contribution in [0.2, 0.25) is 0 Å². The van der Waals surface area contributed by atoms with Crippen molar-refractivity contribution >= 4 is 21.7 Å². The van der Waals surface area contributed by atoms with Gasteiger partial charge in [0.05, 0.1) is 5.39 Å². The van der Waals surface area contributed by atoms with E-state index in [-0.39, 0.29) is 11.4 Å². The topological polar surface area (TPSA) is 70.9 Å². The molecule has 2 N–H and O–H groups in total. The monoisotopic (exact) mass is 305 g/mol. The van der Waals surface area contributed by atoms with Crippen molar-refractivity contribution < 1.29 is 5.11 Å². The highest BCUT2D eigenvalue weighted by Gasteiger charge is 2.10. The van der Waals surface area contributed by atoms with Crippen molar-refractivity contribution in [2.75, 3.05) is 0 Å². The molecule has 0 aliphatic heterocycles. The maximum absolute atomic E-state index is 12.3. The Morgan fingerprint density at radius 3 is 2.96 bits per heavy atom. The van der Waals surface area contributed by atoms with Crippen molar-refractivity contribution in [2.45, 2.75) is 13.0 Å². The Labute approximate surface area is 131 Å². The second kappa shape index (κ2) is 5.28. The van der Waals surface area contributed by atoms with E-state index >= 15 is 0 Å². The maximum Gasteiger partial charge on any atom is 0.253 e. The van der Waals surface area contributed by atoms with Crippen molar-refractivity contribution in [3.8, 4) is 5.88 Å². The van der Waals surface area contributed by atoms with E-state index in [1.165, 1.54) is 10.6 Å². The number of pyridine rings is 2. The molecule has 5 nitrogen and oxygen atoms in total. The van der Waals surface area contributed by atoms with Crippen LogP contribution < -0.4 is 5.56 Å². The number of fused-ring (bicyclic) bond motifs is 2. The number of para-hydroxylation sites is 1. The van der Waals surface area contributed by atoms with E-state index in [2.05, 4.69) is 9.97 Å². The summed E-state index contributed by atoms with van der Waals surface area (Å²) < 4.78 is 1.39. The predicted molar refractivity (Wildman–Crippen MR) is 89.7 cm³/mol. The SMILES string of the molecule is O=c1cc2ccncc2c(O)n1CCc1c[nH]c2ccccc12. The fourth-order valence-electron chi connectivity index (χ4n) is 2.97. The molecule has 0 atom stereocenters. The number of aryl methyl sites for hydroxylation is 1. The van der Waals surface area contributed by atoms with Gasteiger partial charge in [0.2, 0.25) is 5.88 Å². The quantitative estimate of drug-likeness (QED) is 0.611. The Morgan fingerprint density at radius 1 is 1.17 bits per heavy atom. The molecule has 23 heavy (non-hydrogen) atoms. The minimum absolute atomic E-state index is 0.0274. The highest BCUT2D eigenvalue weighted by molar-refractivity contribution is 5.85. The van der Waals surface area contributed by atoms with Crippen LogP contribution in [-0.2, 0) is 13.0 Å². The van der Waals surface area contributed by atoms with Crippen LogP contribution >= 0.6 is 0 Å². The van der Waals surface area contributed by atoms with Crippen LogP contribution in [0.15, 0.2) is 59.8 Å². The molecule has 0 saturated heterocycles. The number of aromatic hydroxyl groups is 1. The normalized spacial score (nSPS) is 11.3. The van der Waals surface area contributed by atoms with Gasteiger partial charge in [-0.1, -0.05) is 18.2 Å². The van der Waals surface area contributed by atoms with Crippen LogP contribution in [0.5, 0.6) is 5.88 Å². The second-order valence-electron chi connectivity index (χ2n) is 5.53. The molecular formula is C18H15N3O2. The molecule has 114 valence electrons. The Hall–Kier alpha value is -3.08. The first-order valence-electron chi connectivity index (χ1n) is 7.45. The molecule has 0 bridgehead atoms. The molecule has 0 radical (unpaired) electrons. The van der Waals surface area contributed by atoms with E-state index in [1.807, 2.05) is 30.5 Å². The van der Waals surface area contributed by atoms with E-state index < -0.39 is 0 Å². The van der Waals surface area contributed by atoms with Crippen LogP contribution in [0.4, 0.5) is 0 Å². The summed E-state index contributed by atoms with van der Waals surface area (Å²) in [5.74, 6) is -0.0274. The zero-order valence-corrected chi connectivity index (χ0v) is 12.4. The fraction of sp³-hybridized carbons (Fsp3) is 0.111. The van der Waals surface area contributed by atoms with E-state index in [0.717, 1.165) is 16.5 Å². The molecule has 0 saturated carbocycles. The van der Waals surface area contributed by atoms with Crippen molar-refractivity contribution in [1.82, 2.24) is 14.5 Å². The number of hydrogen-bond acceptors (Lipinski definition) is 3. The minimum atomic E-state index is -0.207. The third kappa shape index (κ3) is 2.26. The first-order valence-corrected chi connectivity index (χ1v) is 7.45. The Kier molecular flexibility index (Phi) is 3.12. The standard InChI is InChI=1S/C18H15N3O2/c22-17-9-12-5-7-19-11-15(12)18(23)21(17)8-6-13-10-20-16-4-2-1-3-14(13)16/h1-5,7,9-11,20,23H,6,8H2. The summed E-state index contributed by atoms with van der Waals surface area (Å²) in [5, 5.41) is 12.8. The van der Waals surface area contributed by atoms with Crippen LogP contribution in [0.1, 0.15) is 5.56 Å². The second-order valence-corrected chi connectivity index (χ2v) is 5.53. The lowest BCUT2D eigenvalue weighted by molar-refractivity contribution is 0.413. The number of nitrogens with one attached hydrogen (secondary N) is 1. The summed E-state index contributed by atoms with van der Waals surface area (Å²) in [4.78, 5) is 19.5. The van der Waals surface area contributed by atoms with Gasteiger partial charge in [0.1, 0.15) is 0 Å². The molecule has 0 spiro atoms. The Bertz CT molecular complexity index is 1060. The lowest BCUT2D eigenvalue weighted by Crippen LogP contribution is -2.20. The molecule has 0 amide bonds. The number of benzene rings is 1. The lowest BCUT2D eigenvalue weighted by atomic mass is 10.1. The van der Waals surface area contributed by atoms with Crippen LogP contribution in [0.3, 0.4) is 0 Å². The molecular weight excluding hydrogens is 290 g/mol. The van der Waals surface area contributed by atoms with Crippen molar-refractivity contribution in [2.24, 2.45) is 0 Å². The lowest BCUT2D eigenvalue weighted by Gasteiger charge is -2.10. The van der Waals surface area contributed by atoms with Gasteiger partial charge >= 0.3 is 0 Å². The molecule has 0 unspecified atom stereocenters. The maximum atomic E-state index is 12.3. The summed E-state index contributed by atoms with van der Waals surface area (Å²) in [6, 6.07) is 11.3. The first kappa shape index (κ1) is 13.6. The van der Waals surface area contributed by atoms with E-state index in [1.54, 1.807) is 18.5 Å². The van der Waals surface area contributed by atoms with Crippen LogP contribution in [0.25, 0.3) is 21.7 Å². The first-order chi connectivity index (χ1) is 11.2. The number of aromatic amines is 1.